The lowest BCUT2D eigenvalue weighted by molar-refractivity contribution is -0.199. The van der Waals surface area contributed by atoms with Crippen molar-refractivity contribution in [1.82, 2.24) is 4.90 Å². The third-order valence-electron chi connectivity index (χ3n) is 7.23. The van der Waals surface area contributed by atoms with Crippen molar-refractivity contribution in [3.8, 4) is 0 Å². The van der Waals surface area contributed by atoms with E-state index in [0.29, 0.717) is 18.3 Å². The van der Waals surface area contributed by atoms with E-state index < -0.39 is 24.9 Å². The maximum atomic E-state index is 12.6. The first kappa shape index (κ1) is 18.6. The van der Waals surface area contributed by atoms with Crippen LogP contribution in [0.2, 0.25) is 0 Å². The van der Waals surface area contributed by atoms with Crippen LogP contribution < -0.4 is 0 Å². The molecule has 26 heavy (non-hydrogen) atoms. The molecule has 2 aliphatic heterocycles. The van der Waals surface area contributed by atoms with Gasteiger partial charge in [-0.3, -0.25) is 0 Å². The number of carbonyl (C=O) groups excluding carboxylic acids is 1. The molecular formula is C19H32BNO5. The van der Waals surface area contributed by atoms with Crippen LogP contribution in [0.3, 0.4) is 0 Å². The van der Waals surface area contributed by atoms with Crippen LogP contribution >= 0.6 is 0 Å². The topological polar surface area (TPSA) is 68.2 Å². The van der Waals surface area contributed by atoms with E-state index in [-0.39, 0.29) is 29.6 Å². The summed E-state index contributed by atoms with van der Waals surface area (Å²) in [4.78, 5) is 14.2. The minimum Gasteiger partial charge on any atom is -0.444 e. The number of rotatable bonds is 1. The zero-order valence-corrected chi connectivity index (χ0v) is 16.8. The first-order chi connectivity index (χ1) is 11.9. The molecular weight excluding hydrogens is 333 g/mol. The minimum absolute atomic E-state index is 0.0718. The number of hydrogen-bond acceptors (Lipinski definition) is 5. The molecule has 7 heteroatoms. The maximum Gasteiger partial charge on any atom is 0.482 e. The lowest BCUT2D eigenvalue weighted by Gasteiger charge is -2.64. The molecule has 5 rings (SSSR count). The molecule has 0 spiro atoms. The van der Waals surface area contributed by atoms with Crippen molar-refractivity contribution in [2.45, 2.75) is 90.2 Å². The third-order valence-corrected chi connectivity index (χ3v) is 7.23. The van der Waals surface area contributed by atoms with Crippen LogP contribution in [0, 0.1) is 17.3 Å². The summed E-state index contributed by atoms with van der Waals surface area (Å²) in [5, 5.41) is 10.2. The average Bonchev–Trinajstić information content (AvgIpc) is 3.04. The van der Waals surface area contributed by atoms with Crippen LogP contribution in [-0.4, -0.2) is 59.1 Å². The number of β-amino-alcohol motifs (C(OH)–C–C–N with tert-alkyl or cyclic N) is 1. The number of hydrogen-bond donors (Lipinski definition) is 1. The standard InChI is InChI=1S/C19H32BNO5/c1-17(2,3)24-16(23)21-10-12(22)9-15(21)20-25-14-8-11-7-13(18(11,4)5)19(14,6)26-20/h11-15,22H,7-10H2,1-6H3/t11-,12-,13-,14+,15-,19-/m0/s1. The summed E-state index contributed by atoms with van der Waals surface area (Å²) in [5.74, 6) is 0.858. The zero-order chi connectivity index (χ0) is 19.1. The van der Waals surface area contributed by atoms with Crippen molar-refractivity contribution in [2.24, 2.45) is 17.3 Å². The average molecular weight is 365 g/mol. The Bertz CT molecular complexity index is 605. The van der Waals surface area contributed by atoms with Crippen molar-refractivity contribution < 1.29 is 23.9 Å². The highest BCUT2D eigenvalue weighted by atomic mass is 16.7. The second kappa shape index (κ2) is 5.61. The Morgan fingerprint density at radius 3 is 2.54 bits per heavy atom. The molecule has 3 aliphatic carbocycles. The molecule has 2 heterocycles. The van der Waals surface area contributed by atoms with Crippen LogP contribution in [0.5, 0.6) is 0 Å². The minimum atomic E-state index is -0.572. The van der Waals surface area contributed by atoms with Gasteiger partial charge in [0.1, 0.15) is 5.60 Å². The molecule has 0 radical (unpaired) electrons. The third kappa shape index (κ3) is 2.69. The van der Waals surface area contributed by atoms with Crippen molar-refractivity contribution in [3.05, 3.63) is 0 Å². The molecule has 3 saturated carbocycles. The van der Waals surface area contributed by atoms with Crippen molar-refractivity contribution in [3.63, 3.8) is 0 Å². The summed E-state index contributed by atoms with van der Waals surface area (Å²) >= 11 is 0. The largest absolute Gasteiger partial charge is 0.482 e. The summed E-state index contributed by atoms with van der Waals surface area (Å²) < 4.78 is 18.4. The van der Waals surface area contributed by atoms with Crippen LogP contribution in [0.25, 0.3) is 0 Å². The van der Waals surface area contributed by atoms with Gasteiger partial charge in [-0.2, -0.15) is 0 Å². The molecule has 2 saturated heterocycles. The molecule has 2 bridgehead atoms. The van der Waals surface area contributed by atoms with E-state index in [4.69, 9.17) is 14.0 Å². The van der Waals surface area contributed by atoms with Gasteiger partial charge < -0.3 is 24.1 Å². The van der Waals surface area contributed by atoms with Gasteiger partial charge in [0, 0.05) is 6.54 Å². The van der Waals surface area contributed by atoms with Gasteiger partial charge in [-0.05, 0) is 64.2 Å². The van der Waals surface area contributed by atoms with E-state index in [1.54, 1.807) is 4.90 Å². The predicted molar refractivity (Wildman–Crippen MR) is 97.5 cm³/mol. The monoisotopic (exact) mass is 365 g/mol. The zero-order valence-electron chi connectivity index (χ0n) is 16.8. The Balaban J connectivity index is 1.51. The van der Waals surface area contributed by atoms with E-state index in [1.165, 1.54) is 6.42 Å². The summed E-state index contributed by atoms with van der Waals surface area (Å²) in [6.45, 7) is 12.6. The summed E-state index contributed by atoms with van der Waals surface area (Å²) in [6, 6.07) is 0. The fourth-order valence-electron chi connectivity index (χ4n) is 5.69. The lowest BCUT2D eigenvalue weighted by Crippen LogP contribution is -2.65. The highest BCUT2D eigenvalue weighted by molar-refractivity contribution is 6.48. The Hall–Kier alpha value is -0.785. The number of nitrogens with zero attached hydrogens (tertiary/aromatic N) is 1. The highest BCUT2D eigenvalue weighted by Gasteiger charge is 2.69. The second-order valence-electron chi connectivity index (χ2n) is 10.4. The van der Waals surface area contributed by atoms with E-state index in [1.807, 2.05) is 20.8 Å². The SMILES string of the molecule is CC(C)(C)OC(=O)N1C[C@@H](O)C[C@H]1B1O[C@@H]2C[C@@H]3C[C@@H](C3(C)C)[C@]2(C)O1. The van der Waals surface area contributed by atoms with Crippen LogP contribution in [0.15, 0.2) is 0 Å². The Kier molecular flexibility index (Phi) is 4.01. The quantitative estimate of drug-likeness (QED) is 0.724. The fourth-order valence-corrected chi connectivity index (χ4v) is 5.69. The number of ether oxygens (including phenoxy) is 1. The Labute approximate surface area is 156 Å². The van der Waals surface area contributed by atoms with Crippen molar-refractivity contribution >= 4 is 13.2 Å². The van der Waals surface area contributed by atoms with Gasteiger partial charge in [-0.25, -0.2) is 4.79 Å². The molecule has 5 aliphatic rings. The first-order valence-electron chi connectivity index (χ1n) is 9.93. The highest BCUT2D eigenvalue weighted by Crippen LogP contribution is 2.65. The van der Waals surface area contributed by atoms with Crippen LogP contribution in [-0.2, 0) is 14.0 Å². The molecule has 0 aromatic heterocycles. The van der Waals surface area contributed by atoms with Gasteiger partial charge in [0.15, 0.2) is 0 Å². The molecule has 6 nitrogen and oxygen atoms in total. The molecule has 1 N–H and O–H groups in total. The molecule has 0 aromatic rings. The van der Waals surface area contributed by atoms with E-state index in [9.17, 15) is 9.90 Å². The molecule has 0 unspecified atom stereocenters. The molecule has 5 fully saturated rings. The van der Waals surface area contributed by atoms with Crippen molar-refractivity contribution in [2.75, 3.05) is 6.54 Å². The molecule has 0 aromatic carbocycles. The Morgan fingerprint density at radius 2 is 1.92 bits per heavy atom. The molecule has 1 amide bonds. The van der Waals surface area contributed by atoms with Gasteiger partial charge in [-0.15, -0.1) is 0 Å². The Morgan fingerprint density at radius 1 is 1.23 bits per heavy atom. The molecule has 146 valence electrons. The second-order valence-corrected chi connectivity index (χ2v) is 10.4. The van der Waals surface area contributed by atoms with Gasteiger partial charge in [0.05, 0.1) is 23.8 Å². The summed E-state index contributed by atoms with van der Waals surface area (Å²) in [5.41, 5.74) is -0.600. The number of amides is 1. The maximum absolute atomic E-state index is 12.6. The fraction of sp³-hybridized carbons (Fsp3) is 0.947. The molecule has 6 atom stereocenters. The van der Waals surface area contributed by atoms with Gasteiger partial charge >= 0.3 is 13.2 Å². The van der Waals surface area contributed by atoms with Crippen LogP contribution in [0.4, 0.5) is 4.79 Å². The summed E-state index contributed by atoms with van der Waals surface area (Å²) in [6.07, 6.45) is 1.76. The van der Waals surface area contributed by atoms with E-state index in [2.05, 4.69) is 20.8 Å². The summed E-state index contributed by atoms with van der Waals surface area (Å²) in [7, 11) is -0.496. The van der Waals surface area contributed by atoms with Crippen molar-refractivity contribution in [1.29, 1.82) is 0 Å². The number of aliphatic hydroxyl groups excluding tert-OH is 1. The smallest absolute Gasteiger partial charge is 0.444 e. The lowest BCUT2D eigenvalue weighted by atomic mass is 9.43. The normalized spacial score (nSPS) is 43.9. The number of carbonyl (C=O) groups is 1. The van der Waals surface area contributed by atoms with Gasteiger partial charge in [0.25, 0.3) is 0 Å². The van der Waals surface area contributed by atoms with Crippen LogP contribution in [0.1, 0.15) is 60.8 Å². The number of likely N-dealkylation sites (tertiary alicyclic amines) is 1. The van der Waals surface area contributed by atoms with E-state index >= 15 is 0 Å². The van der Waals surface area contributed by atoms with Gasteiger partial charge in [0.2, 0.25) is 0 Å². The first-order valence-corrected chi connectivity index (χ1v) is 9.93. The predicted octanol–water partition coefficient (Wildman–Crippen LogP) is 2.62. The van der Waals surface area contributed by atoms with E-state index in [0.717, 1.165) is 6.42 Å². The van der Waals surface area contributed by atoms with Gasteiger partial charge in [-0.1, -0.05) is 13.8 Å². The number of aliphatic hydroxyl groups is 1.